The number of sulfone groups is 2. The van der Waals surface area contributed by atoms with Crippen LogP contribution in [0.1, 0.15) is 12.8 Å². The number of rotatable bonds is 7. The molecule has 28 heavy (non-hydrogen) atoms. The average molecular weight is 439 g/mol. The van der Waals surface area contributed by atoms with Crippen molar-refractivity contribution in [3.8, 4) is 0 Å². The van der Waals surface area contributed by atoms with Crippen molar-refractivity contribution in [2.24, 2.45) is 0 Å². The van der Waals surface area contributed by atoms with Crippen molar-refractivity contribution < 1.29 is 21.6 Å². The van der Waals surface area contributed by atoms with E-state index >= 15 is 0 Å². The number of hydrogen-bond donors (Lipinski definition) is 1. The molecule has 1 aromatic heterocycles. The van der Waals surface area contributed by atoms with Gasteiger partial charge < -0.3 is 5.32 Å². The van der Waals surface area contributed by atoms with E-state index in [2.05, 4.69) is 10.3 Å². The number of nitrogens with zero attached hydrogens (tertiary/aromatic N) is 1. The zero-order chi connectivity index (χ0) is 20.4. The van der Waals surface area contributed by atoms with E-state index in [1.807, 2.05) is 0 Å². The molecule has 0 saturated carbocycles. The molecule has 0 aliphatic heterocycles. The van der Waals surface area contributed by atoms with Gasteiger partial charge in [-0.3, -0.25) is 4.79 Å². The molecule has 0 bridgehead atoms. The van der Waals surface area contributed by atoms with Crippen LogP contribution in [0.25, 0.3) is 10.2 Å². The number of carbonyl (C=O) groups excluding carboxylic acids is 1. The molecule has 0 aliphatic carbocycles. The van der Waals surface area contributed by atoms with Gasteiger partial charge in [-0.25, -0.2) is 21.8 Å². The third kappa shape index (κ3) is 4.94. The number of aromatic nitrogens is 1. The van der Waals surface area contributed by atoms with Crippen molar-refractivity contribution in [1.82, 2.24) is 4.98 Å². The summed E-state index contributed by atoms with van der Waals surface area (Å²) in [7, 11) is -6.74. The maximum atomic E-state index is 12.2. The molecule has 2 aromatic carbocycles. The number of hydrogen-bond acceptors (Lipinski definition) is 7. The number of anilines is 1. The smallest absolute Gasteiger partial charge is 0.226 e. The average Bonchev–Trinajstić information content (AvgIpc) is 3.02. The van der Waals surface area contributed by atoms with Gasteiger partial charge in [-0.1, -0.05) is 29.5 Å². The lowest BCUT2D eigenvalue weighted by Gasteiger charge is -2.04. The predicted octanol–water partition coefficient (Wildman–Crippen LogP) is 2.89. The molecule has 7 nitrogen and oxygen atoms in total. The van der Waals surface area contributed by atoms with E-state index in [4.69, 9.17) is 0 Å². The third-order valence-corrected chi connectivity index (χ3v) is 7.81. The summed E-state index contributed by atoms with van der Waals surface area (Å²) in [5.41, 5.74) is 0.583. The number of amides is 1. The van der Waals surface area contributed by atoms with Gasteiger partial charge in [0.2, 0.25) is 5.91 Å². The Morgan fingerprint density at radius 1 is 1.04 bits per heavy atom. The molecule has 0 radical (unpaired) electrons. The molecular weight excluding hydrogens is 420 g/mol. The summed E-state index contributed by atoms with van der Waals surface area (Å²) in [6.07, 6.45) is 1.35. The van der Waals surface area contributed by atoms with Gasteiger partial charge >= 0.3 is 0 Å². The second-order valence-electron chi connectivity index (χ2n) is 6.20. The zero-order valence-electron chi connectivity index (χ0n) is 15.0. The number of carbonyl (C=O) groups is 1. The minimum atomic E-state index is -3.42. The molecule has 1 N–H and O–H groups in total. The predicted molar refractivity (Wildman–Crippen MR) is 109 cm³/mol. The van der Waals surface area contributed by atoms with Crippen molar-refractivity contribution >= 4 is 52.3 Å². The highest BCUT2D eigenvalue weighted by atomic mass is 32.2. The maximum absolute atomic E-state index is 12.2. The standard InChI is InChI=1S/C18H18N2O5S3/c1-27(22,23)14-9-10-15-16(12-14)26-18(19-15)20-17(21)8-5-11-28(24,25)13-6-3-2-4-7-13/h2-4,6-7,9-10,12H,5,8,11H2,1H3,(H,19,20,21). The van der Waals surface area contributed by atoms with Crippen molar-refractivity contribution in [2.45, 2.75) is 22.6 Å². The van der Waals surface area contributed by atoms with Crippen LogP contribution < -0.4 is 5.32 Å². The highest BCUT2D eigenvalue weighted by Crippen LogP contribution is 2.28. The number of nitrogens with one attached hydrogen (secondary N) is 1. The number of fused-ring (bicyclic) bond motifs is 1. The van der Waals surface area contributed by atoms with Gasteiger partial charge in [-0.2, -0.15) is 0 Å². The summed E-state index contributed by atoms with van der Waals surface area (Å²) in [6, 6.07) is 12.7. The van der Waals surface area contributed by atoms with E-state index in [1.54, 1.807) is 24.3 Å². The third-order valence-electron chi connectivity index (χ3n) is 3.95. The van der Waals surface area contributed by atoms with E-state index in [-0.39, 0.29) is 34.3 Å². The first kappa shape index (κ1) is 20.4. The van der Waals surface area contributed by atoms with Gasteiger partial charge in [0.1, 0.15) is 0 Å². The van der Waals surface area contributed by atoms with Gasteiger partial charge in [-0.05, 0) is 36.8 Å². The fourth-order valence-corrected chi connectivity index (χ4v) is 5.51. The molecule has 148 valence electrons. The van der Waals surface area contributed by atoms with Crippen molar-refractivity contribution in [2.75, 3.05) is 17.3 Å². The lowest BCUT2D eigenvalue weighted by molar-refractivity contribution is -0.116. The van der Waals surface area contributed by atoms with Gasteiger partial charge in [0, 0.05) is 12.7 Å². The summed E-state index contributed by atoms with van der Waals surface area (Å²) in [5, 5.41) is 2.98. The van der Waals surface area contributed by atoms with E-state index in [9.17, 15) is 21.6 Å². The van der Waals surface area contributed by atoms with Crippen LogP contribution in [0.2, 0.25) is 0 Å². The summed E-state index contributed by atoms with van der Waals surface area (Å²) >= 11 is 1.17. The van der Waals surface area contributed by atoms with Crippen molar-refractivity contribution in [1.29, 1.82) is 0 Å². The van der Waals surface area contributed by atoms with Crippen molar-refractivity contribution in [3.63, 3.8) is 0 Å². The Labute approximate surface area is 167 Å². The quantitative estimate of drug-likeness (QED) is 0.607. The van der Waals surface area contributed by atoms with Gasteiger partial charge in [0.05, 0.1) is 25.8 Å². The van der Waals surface area contributed by atoms with Crippen LogP contribution >= 0.6 is 11.3 Å². The Kier molecular flexibility index (Phi) is 5.82. The second-order valence-corrected chi connectivity index (χ2v) is 11.4. The first-order chi connectivity index (χ1) is 13.1. The topological polar surface area (TPSA) is 110 Å². The molecule has 0 aliphatic rings. The number of benzene rings is 2. The first-order valence-electron chi connectivity index (χ1n) is 8.33. The minimum Gasteiger partial charge on any atom is -0.302 e. The van der Waals surface area contributed by atoms with E-state index in [0.717, 1.165) is 6.26 Å². The molecule has 1 amide bonds. The highest BCUT2D eigenvalue weighted by molar-refractivity contribution is 7.91. The highest BCUT2D eigenvalue weighted by Gasteiger charge is 2.16. The first-order valence-corrected chi connectivity index (χ1v) is 12.7. The molecule has 0 fully saturated rings. The second kappa shape index (κ2) is 7.98. The van der Waals surface area contributed by atoms with Gasteiger partial charge in [0.25, 0.3) is 0 Å². The molecule has 0 saturated heterocycles. The molecule has 1 heterocycles. The Morgan fingerprint density at radius 2 is 1.75 bits per heavy atom. The van der Waals surface area contributed by atoms with Crippen LogP contribution in [0.4, 0.5) is 5.13 Å². The normalized spacial score (nSPS) is 12.2. The molecule has 3 rings (SSSR count). The molecule has 0 unspecified atom stereocenters. The Bertz CT molecular complexity index is 1220. The van der Waals surface area contributed by atoms with Crippen LogP contribution in [-0.2, 0) is 24.5 Å². The lowest BCUT2D eigenvalue weighted by atomic mass is 10.3. The molecule has 3 aromatic rings. The monoisotopic (exact) mass is 438 g/mol. The Balaban J connectivity index is 1.60. The summed E-state index contributed by atoms with van der Waals surface area (Å²) < 4.78 is 48.3. The van der Waals surface area contributed by atoms with E-state index in [0.29, 0.717) is 15.3 Å². The van der Waals surface area contributed by atoms with Crippen LogP contribution in [0.3, 0.4) is 0 Å². The van der Waals surface area contributed by atoms with Crippen molar-refractivity contribution in [3.05, 3.63) is 48.5 Å². The van der Waals surface area contributed by atoms with Gasteiger partial charge in [0.15, 0.2) is 24.8 Å². The van der Waals surface area contributed by atoms with Crippen LogP contribution in [0.5, 0.6) is 0 Å². The minimum absolute atomic E-state index is 0.0383. The number of thiazole rings is 1. The SMILES string of the molecule is CS(=O)(=O)c1ccc2nc(NC(=O)CCCS(=O)(=O)c3ccccc3)sc2c1. The van der Waals surface area contributed by atoms with Crippen LogP contribution in [0, 0.1) is 0 Å². The Morgan fingerprint density at radius 3 is 2.43 bits per heavy atom. The molecule has 0 spiro atoms. The van der Waals surface area contributed by atoms with Gasteiger partial charge in [-0.15, -0.1) is 0 Å². The molecular formula is C18H18N2O5S3. The fraction of sp³-hybridized carbons (Fsp3) is 0.222. The Hall–Kier alpha value is -2.30. The summed E-state index contributed by atoms with van der Waals surface area (Å²) in [4.78, 5) is 16.8. The molecule has 10 heteroatoms. The fourth-order valence-electron chi connectivity index (χ4n) is 2.54. The van der Waals surface area contributed by atoms with Crippen LogP contribution in [0.15, 0.2) is 58.3 Å². The largest absolute Gasteiger partial charge is 0.302 e. The van der Waals surface area contributed by atoms with E-state index < -0.39 is 19.7 Å². The van der Waals surface area contributed by atoms with Crippen LogP contribution in [-0.4, -0.2) is 39.7 Å². The lowest BCUT2D eigenvalue weighted by Crippen LogP contribution is -2.14. The summed E-state index contributed by atoms with van der Waals surface area (Å²) in [5.74, 6) is -0.465. The molecule has 0 atom stereocenters. The van der Waals surface area contributed by atoms with E-state index in [1.165, 1.54) is 35.6 Å². The zero-order valence-corrected chi connectivity index (χ0v) is 17.4. The summed E-state index contributed by atoms with van der Waals surface area (Å²) in [6.45, 7) is 0. The maximum Gasteiger partial charge on any atom is 0.226 e.